The van der Waals surface area contributed by atoms with E-state index < -0.39 is 60.6 Å². The van der Waals surface area contributed by atoms with Gasteiger partial charge in [-0.25, -0.2) is 9.78 Å². The first-order valence-corrected chi connectivity index (χ1v) is 19.4. The van der Waals surface area contributed by atoms with Gasteiger partial charge in [-0.05, 0) is 84.0 Å². The van der Waals surface area contributed by atoms with Crippen molar-refractivity contribution in [2.45, 2.75) is 56.8 Å². The lowest BCUT2D eigenvalue weighted by molar-refractivity contribution is -0.154. The minimum atomic E-state index is -4.65. The van der Waals surface area contributed by atoms with Crippen LogP contribution in [0, 0.1) is 0 Å². The van der Waals surface area contributed by atoms with Crippen molar-refractivity contribution >= 4 is 58.6 Å². The number of nitrogens with one attached hydrogen (secondary N) is 5. The molecule has 20 heteroatoms. The molecule has 5 N–H and O–H groups in total. The summed E-state index contributed by atoms with van der Waals surface area (Å²) in [6.45, 7) is 4.17. The maximum absolute atomic E-state index is 13.2. The van der Waals surface area contributed by atoms with E-state index in [2.05, 4.69) is 67.3 Å². The summed E-state index contributed by atoms with van der Waals surface area (Å²) in [4.78, 5) is 67.5. The second-order valence-corrected chi connectivity index (χ2v) is 15.5. The van der Waals surface area contributed by atoms with Crippen LogP contribution in [0.4, 0.5) is 36.4 Å². The minimum absolute atomic E-state index is 0.0196. The molecular formula is C42H41ClF3N9O7. The van der Waals surface area contributed by atoms with E-state index in [1.165, 1.54) is 42.6 Å². The number of anilines is 4. The predicted octanol–water partition coefficient (Wildman–Crippen LogP) is 6.82. The fourth-order valence-electron chi connectivity index (χ4n) is 5.81. The van der Waals surface area contributed by atoms with Crippen LogP contribution < -0.4 is 36.1 Å². The number of amides is 3. The van der Waals surface area contributed by atoms with Gasteiger partial charge in [0.05, 0.1) is 24.5 Å². The van der Waals surface area contributed by atoms with Crippen LogP contribution in [0.2, 0.25) is 5.02 Å². The molecule has 0 radical (unpaired) electrons. The Bertz CT molecular complexity index is 2390. The molecule has 0 aliphatic heterocycles. The third-order valence-electron chi connectivity index (χ3n) is 9.28. The molecule has 0 spiro atoms. The lowest BCUT2D eigenvalue weighted by Gasteiger charge is -2.19. The fourth-order valence-corrected chi connectivity index (χ4v) is 5.93. The molecule has 1 aliphatic rings. The molecule has 1 saturated carbocycles. The number of rotatable bonds is 15. The number of hydrogen-bond donors (Lipinski definition) is 5. The summed E-state index contributed by atoms with van der Waals surface area (Å²) in [6, 6.07) is 21.4. The van der Waals surface area contributed by atoms with Gasteiger partial charge in [0.2, 0.25) is 17.8 Å². The molecular weight excluding hydrogens is 835 g/mol. The molecule has 0 bridgehead atoms. The zero-order chi connectivity index (χ0) is 44.7. The largest absolute Gasteiger partial charge is 0.467 e. The molecule has 2 aromatic heterocycles. The first kappa shape index (κ1) is 44.5. The summed E-state index contributed by atoms with van der Waals surface area (Å²) in [5, 5.41) is 13.7. The van der Waals surface area contributed by atoms with E-state index in [-0.39, 0.29) is 34.4 Å². The molecule has 2 heterocycles. The first-order valence-electron chi connectivity index (χ1n) is 19.0. The van der Waals surface area contributed by atoms with Crippen LogP contribution in [0.5, 0.6) is 17.6 Å². The molecule has 3 amide bonds. The third-order valence-corrected chi connectivity index (χ3v) is 9.53. The van der Waals surface area contributed by atoms with Crippen LogP contribution in [-0.2, 0) is 30.1 Å². The molecule has 1 fully saturated rings. The predicted molar refractivity (Wildman–Crippen MR) is 221 cm³/mol. The molecule has 5 aromatic rings. The zero-order valence-electron chi connectivity index (χ0n) is 33.7. The maximum Gasteiger partial charge on any atom is 0.422 e. The van der Waals surface area contributed by atoms with Gasteiger partial charge in [-0.3, -0.25) is 14.4 Å². The molecule has 3 aromatic carbocycles. The van der Waals surface area contributed by atoms with E-state index >= 15 is 0 Å². The van der Waals surface area contributed by atoms with Gasteiger partial charge in [-0.1, -0.05) is 56.6 Å². The lowest BCUT2D eigenvalue weighted by Crippen LogP contribution is -2.50. The second-order valence-electron chi connectivity index (χ2n) is 15.1. The molecule has 62 heavy (non-hydrogen) atoms. The van der Waals surface area contributed by atoms with Crippen molar-refractivity contribution < 1.29 is 46.6 Å². The number of aromatic nitrogens is 4. The van der Waals surface area contributed by atoms with Crippen LogP contribution in [0.3, 0.4) is 0 Å². The summed E-state index contributed by atoms with van der Waals surface area (Å²) >= 11 is 6.04. The summed E-state index contributed by atoms with van der Waals surface area (Å²) in [7, 11) is 1.08. The van der Waals surface area contributed by atoms with Crippen molar-refractivity contribution in [1.82, 2.24) is 30.6 Å². The Kier molecular flexibility index (Phi) is 13.4. The molecule has 0 saturated heterocycles. The molecule has 1 atom stereocenters. The van der Waals surface area contributed by atoms with E-state index in [0.29, 0.717) is 29.3 Å². The topological polar surface area (TPSA) is 208 Å². The number of hydrogen-bond acceptors (Lipinski definition) is 13. The summed E-state index contributed by atoms with van der Waals surface area (Å²) in [6.07, 6.45) is -1.95. The Morgan fingerprint density at radius 3 is 2.08 bits per heavy atom. The highest BCUT2D eigenvalue weighted by Crippen LogP contribution is 2.48. The van der Waals surface area contributed by atoms with Crippen LogP contribution in [0.1, 0.15) is 55.1 Å². The Morgan fingerprint density at radius 1 is 0.823 bits per heavy atom. The number of halogens is 4. The van der Waals surface area contributed by atoms with Gasteiger partial charge >= 0.3 is 30.0 Å². The minimum Gasteiger partial charge on any atom is -0.467 e. The Labute approximate surface area is 358 Å². The van der Waals surface area contributed by atoms with Crippen LogP contribution in [-0.4, -0.2) is 76.1 Å². The van der Waals surface area contributed by atoms with Gasteiger partial charge in [0.25, 0.3) is 5.91 Å². The average Bonchev–Trinajstić information content (AvgIpc) is 4.02. The van der Waals surface area contributed by atoms with Gasteiger partial charge in [-0.2, -0.15) is 28.1 Å². The number of carbonyl (C=O) groups is 4. The number of ether oxygens (including phenoxy) is 3. The van der Waals surface area contributed by atoms with Gasteiger partial charge < -0.3 is 40.8 Å². The van der Waals surface area contributed by atoms with Crippen molar-refractivity contribution in [3.05, 3.63) is 113 Å². The number of pyridine rings is 1. The quantitative estimate of drug-likeness (QED) is 0.0541. The van der Waals surface area contributed by atoms with E-state index in [1.54, 1.807) is 12.1 Å². The number of alkyl halides is 3. The summed E-state index contributed by atoms with van der Waals surface area (Å²) in [5.74, 6) is -3.20. The third kappa shape index (κ3) is 12.3. The van der Waals surface area contributed by atoms with Gasteiger partial charge in [-0.15, -0.1) is 0 Å². The van der Waals surface area contributed by atoms with Crippen molar-refractivity contribution in [3.63, 3.8) is 0 Å². The highest BCUT2D eigenvalue weighted by molar-refractivity contribution is 6.39. The normalized spacial score (nSPS) is 13.5. The van der Waals surface area contributed by atoms with Crippen LogP contribution >= 0.6 is 11.6 Å². The number of nitrogens with zero attached hydrogens (tertiary/aromatic N) is 4. The maximum atomic E-state index is 13.2. The van der Waals surface area contributed by atoms with Crippen molar-refractivity contribution in [2.75, 3.05) is 36.2 Å². The van der Waals surface area contributed by atoms with Crippen molar-refractivity contribution in [2.24, 2.45) is 0 Å². The van der Waals surface area contributed by atoms with Gasteiger partial charge in [0, 0.05) is 28.9 Å². The summed E-state index contributed by atoms with van der Waals surface area (Å²) < 4.78 is 54.4. The molecule has 0 unspecified atom stereocenters. The number of esters is 1. The number of benzene rings is 3. The highest BCUT2D eigenvalue weighted by atomic mass is 35.5. The molecule has 1 aliphatic carbocycles. The zero-order valence-corrected chi connectivity index (χ0v) is 34.5. The lowest BCUT2D eigenvalue weighted by atomic mass is 9.87. The van der Waals surface area contributed by atoms with Crippen LogP contribution in [0.15, 0.2) is 91.1 Å². The molecule has 16 nitrogen and oxygen atoms in total. The average molecular weight is 876 g/mol. The van der Waals surface area contributed by atoms with Gasteiger partial charge in [0.15, 0.2) is 6.61 Å². The van der Waals surface area contributed by atoms with Gasteiger partial charge in [0.1, 0.15) is 11.8 Å². The second kappa shape index (κ2) is 18.7. The number of carbonyl (C=O) groups excluding carboxylic acids is 4. The molecule has 6 rings (SSSR count). The molecule has 324 valence electrons. The monoisotopic (exact) mass is 875 g/mol. The smallest absolute Gasteiger partial charge is 0.422 e. The standard InChI is InChI=1S/C42H41ClF3N9O7/c1-40(2,3)25-9-16-30(17-10-25)62-32-18-15-29(21-47-32)49-35(58)34(57)48-22-31(36(59)60-4)51-33(56)24-5-13-28(14-6-24)50-37-52-38(54-39(53-37)61-23-42(44,45)46)55-41(19-20-41)26-7-11-27(43)12-8-26/h5-18,21,31H,19-20,22-23H2,1-4H3,(H,48,57)(H,49,58)(H,51,56)(H2,50,52,53,54,55)/t31-/m0/s1. The highest BCUT2D eigenvalue weighted by Gasteiger charge is 2.45. The Morgan fingerprint density at radius 2 is 1.48 bits per heavy atom. The van der Waals surface area contributed by atoms with Crippen molar-refractivity contribution in [3.8, 4) is 17.6 Å². The van der Waals surface area contributed by atoms with Crippen molar-refractivity contribution in [1.29, 1.82) is 0 Å². The Balaban J connectivity index is 1.03. The van der Waals surface area contributed by atoms with E-state index in [4.69, 9.17) is 25.8 Å². The fraction of sp³-hybridized carbons (Fsp3) is 0.286. The number of methoxy groups -OCH3 is 1. The van der Waals surface area contributed by atoms with E-state index in [0.717, 1.165) is 18.2 Å². The Hall–Kier alpha value is -7.02. The van der Waals surface area contributed by atoms with E-state index in [1.807, 2.05) is 36.4 Å². The SMILES string of the molecule is COC(=O)[C@H](CNC(=O)C(=O)Nc1ccc(Oc2ccc(C(C)(C)C)cc2)nc1)NC(=O)c1ccc(Nc2nc(NC3(c4ccc(Cl)cc4)CC3)nc(OCC(F)(F)F)n2)cc1. The summed E-state index contributed by atoms with van der Waals surface area (Å²) in [5.41, 5.74) is 2.02. The first-order chi connectivity index (χ1) is 29.4. The van der Waals surface area contributed by atoms with Crippen LogP contribution in [0.25, 0.3) is 0 Å². The van der Waals surface area contributed by atoms with E-state index in [9.17, 15) is 32.3 Å².